The van der Waals surface area contributed by atoms with E-state index in [9.17, 15) is 0 Å². The zero-order chi connectivity index (χ0) is 10.5. The number of piperazine rings is 1. The zero-order valence-electron chi connectivity index (χ0n) is 9.25. The van der Waals surface area contributed by atoms with E-state index in [1.807, 2.05) is 13.3 Å². The van der Waals surface area contributed by atoms with Gasteiger partial charge in [0.15, 0.2) is 0 Å². The van der Waals surface area contributed by atoms with Crippen molar-refractivity contribution in [1.82, 2.24) is 15.5 Å². The standard InChI is InChI=1S/C11H19N3O/c1-12-7-11-6-10(9-15-11)8-14-4-2-13-3-5-14/h6,9,12-13H,2-5,7-8H2,1H3. The predicted molar refractivity (Wildman–Crippen MR) is 59.6 cm³/mol. The Morgan fingerprint density at radius 1 is 1.47 bits per heavy atom. The van der Waals surface area contributed by atoms with Crippen LogP contribution in [-0.2, 0) is 13.1 Å². The molecule has 1 saturated heterocycles. The molecule has 2 heterocycles. The Balaban J connectivity index is 1.86. The number of rotatable bonds is 4. The van der Waals surface area contributed by atoms with E-state index < -0.39 is 0 Å². The number of hydrogen-bond donors (Lipinski definition) is 2. The molecule has 0 bridgehead atoms. The molecule has 84 valence electrons. The lowest BCUT2D eigenvalue weighted by Gasteiger charge is -2.26. The van der Waals surface area contributed by atoms with Crippen molar-refractivity contribution in [3.63, 3.8) is 0 Å². The fourth-order valence-corrected chi connectivity index (χ4v) is 1.90. The molecule has 4 nitrogen and oxygen atoms in total. The lowest BCUT2D eigenvalue weighted by Crippen LogP contribution is -2.42. The minimum Gasteiger partial charge on any atom is -0.468 e. The molecule has 4 heteroatoms. The molecule has 0 saturated carbocycles. The minimum absolute atomic E-state index is 0.807. The van der Waals surface area contributed by atoms with E-state index in [0.717, 1.165) is 45.0 Å². The van der Waals surface area contributed by atoms with Crippen LogP contribution < -0.4 is 10.6 Å². The average Bonchev–Trinajstić information content (AvgIpc) is 2.68. The summed E-state index contributed by atoms with van der Waals surface area (Å²) in [5.41, 5.74) is 1.28. The summed E-state index contributed by atoms with van der Waals surface area (Å²) in [5, 5.41) is 6.43. The maximum atomic E-state index is 5.44. The Hall–Kier alpha value is -0.840. The van der Waals surface area contributed by atoms with E-state index in [-0.39, 0.29) is 0 Å². The summed E-state index contributed by atoms with van der Waals surface area (Å²) in [6, 6.07) is 2.14. The summed E-state index contributed by atoms with van der Waals surface area (Å²) >= 11 is 0. The Kier molecular flexibility index (Phi) is 3.77. The Labute approximate surface area is 90.6 Å². The molecule has 2 N–H and O–H groups in total. The van der Waals surface area contributed by atoms with Gasteiger partial charge in [-0.1, -0.05) is 0 Å². The van der Waals surface area contributed by atoms with E-state index in [0.29, 0.717) is 0 Å². The van der Waals surface area contributed by atoms with E-state index in [4.69, 9.17) is 4.42 Å². The molecule has 1 aliphatic rings. The minimum atomic E-state index is 0.807. The molecule has 1 aliphatic heterocycles. The first kappa shape index (κ1) is 10.7. The summed E-state index contributed by atoms with van der Waals surface area (Å²) < 4.78 is 5.44. The van der Waals surface area contributed by atoms with Gasteiger partial charge < -0.3 is 15.1 Å². The highest BCUT2D eigenvalue weighted by Gasteiger charge is 2.11. The average molecular weight is 209 g/mol. The van der Waals surface area contributed by atoms with Gasteiger partial charge in [0, 0.05) is 38.3 Å². The largest absolute Gasteiger partial charge is 0.468 e. The molecule has 0 atom stereocenters. The second-order valence-corrected chi connectivity index (χ2v) is 3.98. The van der Waals surface area contributed by atoms with Crippen LogP contribution in [0.3, 0.4) is 0 Å². The zero-order valence-corrected chi connectivity index (χ0v) is 9.25. The van der Waals surface area contributed by atoms with Gasteiger partial charge in [-0.15, -0.1) is 0 Å². The van der Waals surface area contributed by atoms with Crippen LogP contribution in [0.4, 0.5) is 0 Å². The van der Waals surface area contributed by atoms with E-state index in [1.54, 1.807) is 0 Å². The molecule has 15 heavy (non-hydrogen) atoms. The molecule has 1 aromatic heterocycles. The van der Waals surface area contributed by atoms with Crippen molar-refractivity contribution in [2.75, 3.05) is 33.2 Å². The first-order valence-corrected chi connectivity index (χ1v) is 5.52. The van der Waals surface area contributed by atoms with Crippen LogP contribution in [0.1, 0.15) is 11.3 Å². The number of hydrogen-bond acceptors (Lipinski definition) is 4. The van der Waals surface area contributed by atoms with E-state index in [2.05, 4.69) is 21.6 Å². The van der Waals surface area contributed by atoms with E-state index in [1.165, 1.54) is 5.56 Å². The van der Waals surface area contributed by atoms with Crippen LogP contribution in [0.2, 0.25) is 0 Å². The first-order valence-electron chi connectivity index (χ1n) is 5.52. The lowest BCUT2D eigenvalue weighted by molar-refractivity contribution is 0.232. The SMILES string of the molecule is CNCc1cc(CN2CCNCC2)co1. The highest BCUT2D eigenvalue weighted by molar-refractivity contribution is 5.12. The molecule has 1 fully saturated rings. The molecule has 2 rings (SSSR count). The topological polar surface area (TPSA) is 40.4 Å². The Bertz CT molecular complexity index is 292. The monoisotopic (exact) mass is 209 g/mol. The third kappa shape index (κ3) is 3.06. The van der Waals surface area contributed by atoms with Gasteiger partial charge >= 0.3 is 0 Å². The Morgan fingerprint density at radius 3 is 3.00 bits per heavy atom. The number of nitrogens with one attached hydrogen (secondary N) is 2. The second kappa shape index (κ2) is 5.30. The van der Waals surface area contributed by atoms with Gasteiger partial charge in [-0.25, -0.2) is 0 Å². The summed E-state index contributed by atoms with van der Waals surface area (Å²) in [6.07, 6.45) is 1.87. The van der Waals surface area contributed by atoms with Crippen molar-refractivity contribution in [1.29, 1.82) is 0 Å². The van der Waals surface area contributed by atoms with Crippen LogP contribution in [0.15, 0.2) is 16.7 Å². The first-order chi connectivity index (χ1) is 7.38. The quantitative estimate of drug-likeness (QED) is 0.753. The van der Waals surface area contributed by atoms with Crippen molar-refractivity contribution in [3.8, 4) is 0 Å². The third-order valence-corrected chi connectivity index (χ3v) is 2.67. The van der Waals surface area contributed by atoms with Gasteiger partial charge in [0.25, 0.3) is 0 Å². The molecule has 0 radical (unpaired) electrons. The molecule has 1 aromatic rings. The third-order valence-electron chi connectivity index (χ3n) is 2.67. The maximum Gasteiger partial charge on any atom is 0.117 e. The number of nitrogens with zero attached hydrogens (tertiary/aromatic N) is 1. The maximum absolute atomic E-state index is 5.44. The molecule has 0 aliphatic carbocycles. The van der Waals surface area contributed by atoms with Gasteiger partial charge in [0.05, 0.1) is 12.8 Å². The van der Waals surface area contributed by atoms with Crippen LogP contribution in [0.25, 0.3) is 0 Å². The fraction of sp³-hybridized carbons (Fsp3) is 0.636. The van der Waals surface area contributed by atoms with Crippen LogP contribution in [0.5, 0.6) is 0 Å². The van der Waals surface area contributed by atoms with Crippen molar-refractivity contribution < 1.29 is 4.42 Å². The molecular formula is C11H19N3O. The normalized spacial score (nSPS) is 18.2. The molecule has 0 aromatic carbocycles. The lowest BCUT2D eigenvalue weighted by atomic mass is 10.2. The molecule has 0 amide bonds. The predicted octanol–water partition coefficient (Wildman–Crippen LogP) is 0.404. The molecular weight excluding hydrogens is 190 g/mol. The highest BCUT2D eigenvalue weighted by Crippen LogP contribution is 2.10. The van der Waals surface area contributed by atoms with Crippen molar-refractivity contribution in [3.05, 3.63) is 23.7 Å². The van der Waals surface area contributed by atoms with Gasteiger partial charge in [-0.05, 0) is 13.1 Å². The molecule has 0 spiro atoms. The van der Waals surface area contributed by atoms with Gasteiger partial charge in [0.1, 0.15) is 5.76 Å². The van der Waals surface area contributed by atoms with E-state index >= 15 is 0 Å². The van der Waals surface area contributed by atoms with Crippen molar-refractivity contribution >= 4 is 0 Å². The van der Waals surface area contributed by atoms with Crippen molar-refractivity contribution in [2.24, 2.45) is 0 Å². The molecule has 0 unspecified atom stereocenters. The van der Waals surface area contributed by atoms with Crippen LogP contribution in [0, 0.1) is 0 Å². The van der Waals surface area contributed by atoms with Gasteiger partial charge in [-0.3, -0.25) is 4.90 Å². The smallest absolute Gasteiger partial charge is 0.117 e. The van der Waals surface area contributed by atoms with Crippen LogP contribution >= 0.6 is 0 Å². The van der Waals surface area contributed by atoms with Gasteiger partial charge in [0.2, 0.25) is 0 Å². The number of furan rings is 1. The highest BCUT2D eigenvalue weighted by atomic mass is 16.3. The van der Waals surface area contributed by atoms with Crippen LogP contribution in [-0.4, -0.2) is 38.1 Å². The summed E-state index contributed by atoms with van der Waals surface area (Å²) in [6.45, 7) is 6.28. The van der Waals surface area contributed by atoms with Gasteiger partial charge in [-0.2, -0.15) is 0 Å². The summed E-state index contributed by atoms with van der Waals surface area (Å²) in [4.78, 5) is 2.45. The summed E-state index contributed by atoms with van der Waals surface area (Å²) in [7, 11) is 1.93. The summed E-state index contributed by atoms with van der Waals surface area (Å²) in [5.74, 6) is 1.02. The second-order valence-electron chi connectivity index (χ2n) is 3.98. The Morgan fingerprint density at radius 2 is 2.27 bits per heavy atom. The fourth-order valence-electron chi connectivity index (χ4n) is 1.90. The van der Waals surface area contributed by atoms with Crippen molar-refractivity contribution in [2.45, 2.75) is 13.1 Å².